The van der Waals surface area contributed by atoms with Gasteiger partial charge < -0.3 is 19.3 Å². The van der Waals surface area contributed by atoms with Crippen LogP contribution in [0.3, 0.4) is 0 Å². The van der Waals surface area contributed by atoms with Gasteiger partial charge in [-0.25, -0.2) is 29.3 Å². The molecule has 0 unspecified atom stereocenters. The number of phosphoric ester groups is 1. The molecule has 4 aromatic rings. The lowest BCUT2D eigenvalue weighted by Gasteiger charge is -2.25. The Morgan fingerprint density at radius 3 is 2.50 bits per heavy atom. The van der Waals surface area contributed by atoms with Crippen LogP contribution >= 0.6 is 7.82 Å². The van der Waals surface area contributed by atoms with Crippen LogP contribution in [0.25, 0.3) is 22.4 Å². The summed E-state index contributed by atoms with van der Waals surface area (Å²) in [5, 5.41) is 0. The third-order valence-electron chi connectivity index (χ3n) is 7.21. The fourth-order valence-electron chi connectivity index (χ4n) is 4.83. The Morgan fingerprint density at radius 2 is 1.86 bits per heavy atom. The Balaban J connectivity index is 1.50. The Morgan fingerprint density at radius 1 is 1.14 bits per heavy atom. The number of anilines is 2. The van der Waals surface area contributed by atoms with Crippen molar-refractivity contribution in [3.8, 4) is 11.3 Å². The first-order valence-corrected chi connectivity index (χ1v) is 14.5. The van der Waals surface area contributed by atoms with Gasteiger partial charge in [-0.15, -0.1) is 0 Å². The first-order valence-electron chi connectivity index (χ1n) is 12.9. The molecule has 1 fully saturated rings. The summed E-state index contributed by atoms with van der Waals surface area (Å²) < 4.78 is 19.5. The normalized spacial score (nSPS) is 16.2. The van der Waals surface area contributed by atoms with Crippen molar-refractivity contribution in [2.24, 2.45) is 14.1 Å². The SMILES string of the molecule is C[C@H]1CCCN1c1ncc(-c2cncc(N(COP(=O)(O)O)C(=O)[C@H](C)n3cnc4c3c(=O)n(C)c(=O)n4C)n2)cn1. The zero-order valence-electron chi connectivity index (χ0n) is 23.2. The third kappa shape index (κ3) is 5.46. The summed E-state index contributed by atoms with van der Waals surface area (Å²) in [5.74, 6) is -0.246. The van der Waals surface area contributed by atoms with Crippen molar-refractivity contribution >= 4 is 36.7 Å². The van der Waals surface area contributed by atoms with Crippen LogP contribution < -0.4 is 21.0 Å². The molecular weight excluding hydrogens is 571 g/mol. The van der Waals surface area contributed by atoms with Crippen molar-refractivity contribution in [3.63, 3.8) is 0 Å². The van der Waals surface area contributed by atoms with Crippen molar-refractivity contribution in [2.45, 2.75) is 38.8 Å². The standard InChI is InChI=1S/C24H29N10O7P/c1-14-6-5-7-32(14)23-26-8-16(9-27-23)17-10-25-11-18(29-17)34(13-41-42(38,39)40)21(35)15(2)33-12-28-20-19(33)22(36)31(4)24(37)30(20)3/h8-12,14-15H,5-7,13H2,1-4H3,(H2,38,39,40)/t14-,15-/m0/s1. The molecule has 222 valence electrons. The summed E-state index contributed by atoms with van der Waals surface area (Å²) in [6.45, 7) is 3.55. The number of hydrogen-bond acceptors (Lipinski definition) is 11. The zero-order valence-corrected chi connectivity index (χ0v) is 24.1. The van der Waals surface area contributed by atoms with Gasteiger partial charge in [0.1, 0.15) is 12.8 Å². The van der Waals surface area contributed by atoms with E-state index in [-0.39, 0.29) is 17.0 Å². The largest absolute Gasteiger partial charge is 0.471 e. The van der Waals surface area contributed by atoms with Crippen LogP contribution in [0.15, 0.2) is 40.7 Å². The molecule has 1 amide bonds. The van der Waals surface area contributed by atoms with Crippen LogP contribution in [0.1, 0.15) is 32.7 Å². The predicted octanol–water partition coefficient (Wildman–Crippen LogP) is 0.330. The second-order valence-electron chi connectivity index (χ2n) is 9.94. The lowest BCUT2D eigenvalue weighted by atomic mass is 10.2. The van der Waals surface area contributed by atoms with Gasteiger partial charge in [0.25, 0.3) is 11.5 Å². The average molecular weight is 601 g/mol. The van der Waals surface area contributed by atoms with Crippen molar-refractivity contribution < 1.29 is 23.7 Å². The van der Waals surface area contributed by atoms with E-state index in [0.717, 1.165) is 28.9 Å². The van der Waals surface area contributed by atoms with E-state index in [1.165, 1.54) is 48.9 Å². The van der Waals surface area contributed by atoms with Gasteiger partial charge in [0.05, 0.1) is 24.4 Å². The topological polar surface area (TPSA) is 204 Å². The number of nitrogens with zero attached hydrogens (tertiary/aromatic N) is 10. The molecule has 0 bridgehead atoms. The molecule has 4 aromatic heterocycles. The molecule has 2 N–H and O–H groups in total. The van der Waals surface area contributed by atoms with E-state index in [1.807, 2.05) is 0 Å². The number of carbonyl (C=O) groups excluding carboxylic acids is 1. The number of imidazole rings is 1. The molecule has 5 rings (SSSR count). The van der Waals surface area contributed by atoms with Gasteiger partial charge in [-0.3, -0.25) is 33.1 Å². The van der Waals surface area contributed by atoms with E-state index < -0.39 is 37.8 Å². The van der Waals surface area contributed by atoms with Crippen molar-refractivity contribution in [2.75, 3.05) is 23.1 Å². The Kier molecular flexibility index (Phi) is 7.76. The molecule has 17 nitrogen and oxygen atoms in total. The quantitative estimate of drug-likeness (QED) is 0.207. The number of amides is 1. The Labute approximate surface area is 238 Å². The van der Waals surface area contributed by atoms with Crippen LogP contribution in [-0.4, -0.2) is 73.6 Å². The highest BCUT2D eigenvalue weighted by Gasteiger charge is 2.30. The maximum absolute atomic E-state index is 13.8. The molecule has 0 saturated carbocycles. The molecule has 0 aliphatic carbocycles. The van der Waals surface area contributed by atoms with Gasteiger partial charge in [-0.05, 0) is 26.7 Å². The summed E-state index contributed by atoms with van der Waals surface area (Å²) >= 11 is 0. The minimum absolute atomic E-state index is 0.0132. The summed E-state index contributed by atoms with van der Waals surface area (Å²) in [6, 6.07) is -0.816. The highest BCUT2D eigenvalue weighted by Crippen LogP contribution is 2.36. The summed E-state index contributed by atoms with van der Waals surface area (Å²) in [7, 11) is -2.26. The number of fused-ring (bicyclic) bond motifs is 1. The number of rotatable bonds is 8. The highest BCUT2D eigenvalue weighted by molar-refractivity contribution is 7.46. The van der Waals surface area contributed by atoms with E-state index in [4.69, 9.17) is 0 Å². The first kappa shape index (κ1) is 29.2. The smallest absolute Gasteiger partial charge is 0.338 e. The highest BCUT2D eigenvalue weighted by atomic mass is 31.2. The molecule has 0 spiro atoms. The molecule has 1 aliphatic heterocycles. The maximum atomic E-state index is 13.8. The minimum atomic E-state index is -5.00. The lowest BCUT2D eigenvalue weighted by Crippen LogP contribution is -2.40. The number of carbonyl (C=O) groups is 1. The Bertz CT molecular complexity index is 1810. The van der Waals surface area contributed by atoms with E-state index in [1.54, 1.807) is 12.4 Å². The van der Waals surface area contributed by atoms with Gasteiger partial charge >= 0.3 is 13.5 Å². The average Bonchev–Trinajstić information content (AvgIpc) is 3.61. The van der Waals surface area contributed by atoms with Gasteiger partial charge in [0.15, 0.2) is 17.0 Å². The van der Waals surface area contributed by atoms with Gasteiger partial charge in [-0.2, -0.15) is 0 Å². The van der Waals surface area contributed by atoms with Gasteiger partial charge in [-0.1, -0.05) is 0 Å². The molecule has 0 aromatic carbocycles. The number of aromatic nitrogens is 8. The maximum Gasteiger partial charge on any atom is 0.471 e. The summed E-state index contributed by atoms with van der Waals surface area (Å²) in [6.07, 6.45) is 9.17. The van der Waals surface area contributed by atoms with Crippen LogP contribution in [0.4, 0.5) is 11.8 Å². The predicted molar refractivity (Wildman–Crippen MR) is 150 cm³/mol. The molecule has 5 heterocycles. The summed E-state index contributed by atoms with van der Waals surface area (Å²) in [5.41, 5.74) is -0.410. The zero-order chi connectivity index (χ0) is 30.3. The fraction of sp³-hybridized carbons (Fsp3) is 0.417. The van der Waals surface area contributed by atoms with Crippen LogP contribution in [0.2, 0.25) is 0 Å². The van der Waals surface area contributed by atoms with Gasteiger partial charge in [0.2, 0.25) is 5.95 Å². The minimum Gasteiger partial charge on any atom is -0.338 e. The molecule has 42 heavy (non-hydrogen) atoms. The van der Waals surface area contributed by atoms with Gasteiger partial charge in [0, 0.05) is 44.6 Å². The van der Waals surface area contributed by atoms with E-state index in [2.05, 4.69) is 41.3 Å². The first-order chi connectivity index (χ1) is 19.9. The number of phosphoric acid groups is 1. The fourth-order valence-corrected chi connectivity index (χ4v) is 5.10. The molecular formula is C24H29N10O7P. The van der Waals surface area contributed by atoms with Crippen molar-refractivity contribution in [1.82, 2.24) is 38.6 Å². The number of aryl methyl sites for hydroxylation is 1. The van der Waals surface area contributed by atoms with Crippen LogP contribution in [-0.2, 0) is 28.0 Å². The second-order valence-corrected chi connectivity index (χ2v) is 11.2. The lowest BCUT2D eigenvalue weighted by molar-refractivity contribution is -0.122. The molecule has 1 aliphatic rings. The monoisotopic (exact) mass is 600 g/mol. The van der Waals surface area contributed by atoms with E-state index in [9.17, 15) is 28.7 Å². The molecule has 18 heteroatoms. The molecule has 2 atom stereocenters. The Hall–Kier alpha value is -4.31. The van der Waals surface area contributed by atoms with Crippen molar-refractivity contribution in [3.05, 3.63) is 52.0 Å². The molecule has 0 radical (unpaired) electrons. The molecule has 1 saturated heterocycles. The van der Waals surface area contributed by atoms with Crippen LogP contribution in [0.5, 0.6) is 0 Å². The van der Waals surface area contributed by atoms with E-state index in [0.29, 0.717) is 23.2 Å². The van der Waals surface area contributed by atoms with E-state index >= 15 is 0 Å². The second kappa shape index (κ2) is 11.2. The number of hydrogen-bond donors (Lipinski definition) is 2. The third-order valence-corrected chi connectivity index (χ3v) is 7.66. The van der Waals surface area contributed by atoms with Crippen molar-refractivity contribution in [1.29, 1.82) is 0 Å². The summed E-state index contributed by atoms with van der Waals surface area (Å²) in [4.78, 5) is 82.4. The van der Waals surface area contributed by atoms with Crippen LogP contribution in [0, 0.1) is 0 Å².